The van der Waals surface area contributed by atoms with Gasteiger partial charge in [-0.05, 0) is 70.5 Å². The lowest BCUT2D eigenvalue weighted by molar-refractivity contribution is -0.189. The maximum atomic E-state index is 13.2. The molecule has 1 saturated heterocycles. The maximum Gasteiger partial charge on any atom is 0.425 e. The summed E-state index contributed by atoms with van der Waals surface area (Å²) in [6.07, 6.45) is -3.37. The summed E-state index contributed by atoms with van der Waals surface area (Å²) in [6, 6.07) is 10.9. The Bertz CT molecular complexity index is 1470. The van der Waals surface area contributed by atoms with Crippen LogP contribution in [-0.2, 0) is 23.9 Å². The van der Waals surface area contributed by atoms with E-state index in [0.717, 1.165) is 37.6 Å². The summed E-state index contributed by atoms with van der Waals surface area (Å²) in [6.45, 7) is 6.39. The van der Waals surface area contributed by atoms with Crippen molar-refractivity contribution in [3.05, 3.63) is 70.6 Å². The lowest BCUT2D eigenvalue weighted by Gasteiger charge is -2.30. The highest BCUT2D eigenvalue weighted by atomic mass is 35.5. The van der Waals surface area contributed by atoms with Gasteiger partial charge in [0.2, 0.25) is 5.91 Å². The molecule has 3 aromatic rings. The number of nitrogens with zero attached hydrogens (tertiary/aromatic N) is 3. The summed E-state index contributed by atoms with van der Waals surface area (Å²) in [7, 11) is 1.82. The van der Waals surface area contributed by atoms with Crippen LogP contribution in [0.1, 0.15) is 48.9 Å². The van der Waals surface area contributed by atoms with Gasteiger partial charge in [0, 0.05) is 30.9 Å². The molecule has 9 nitrogen and oxygen atoms in total. The third kappa shape index (κ3) is 8.73. The summed E-state index contributed by atoms with van der Waals surface area (Å²) < 4.78 is 45.4. The monoisotopic (exact) mass is 635 g/mol. The molecule has 3 N–H and O–H groups in total. The van der Waals surface area contributed by atoms with Crippen molar-refractivity contribution in [1.82, 2.24) is 25.1 Å². The number of alkyl halides is 3. The van der Waals surface area contributed by atoms with Gasteiger partial charge in [-0.3, -0.25) is 14.5 Å². The van der Waals surface area contributed by atoms with E-state index in [1.54, 1.807) is 18.4 Å². The zero-order chi connectivity index (χ0) is 32.2. The predicted molar refractivity (Wildman–Crippen MR) is 161 cm³/mol. The second-order valence-electron chi connectivity index (χ2n) is 11.6. The smallest absolute Gasteiger partial charge is 0.425 e. The van der Waals surface area contributed by atoms with Gasteiger partial charge in [0.25, 0.3) is 5.91 Å². The summed E-state index contributed by atoms with van der Waals surface area (Å²) in [4.78, 5) is 32.3. The Balaban J connectivity index is 1.47. The number of likely N-dealkylation sites (tertiary alicyclic amines) is 1. The second-order valence-corrected chi connectivity index (χ2v) is 12.0. The molecule has 44 heavy (non-hydrogen) atoms. The van der Waals surface area contributed by atoms with Gasteiger partial charge >= 0.3 is 6.18 Å². The predicted octanol–water partition coefficient (Wildman–Crippen LogP) is 4.46. The molecule has 0 radical (unpaired) electrons. The van der Waals surface area contributed by atoms with Crippen molar-refractivity contribution in [1.29, 1.82) is 0 Å². The zero-order valence-corrected chi connectivity index (χ0v) is 25.8. The van der Waals surface area contributed by atoms with Crippen molar-refractivity contribution in [2.24, 2.45) is 7.05 Å². The Morgan fingerprint density at radius 3 is 2.36 bits per heavy atom. The Morgan fingerprint density at radius 2 is 1.82 bits per heavy atom. The molecule has 1 aliphatic heterocycles. The SMILES string of the molecule is CC(Oc1ccc(C(=O)NC(CNC(=O)CN2CCC2)Cc2ccc(-c3cn(C)c(C(C)(C)O)n3)cc2)cc1Cl)C(F)(F)F. The quantitative estimate of drug-likeness (QED) is 0.271. The van der Waals surface area contributed by atoms with Gasteiger partial charge in [-0.15, -0.1) is 0 Å². The average molecular weight is 636 g/mol. The van der Waals surface area contributed by atoms with Crippen LogP contribution in [0.5, 0.6) is 5.75 Å². The third-order valence-electron chi connectivity index (χ3n) is 7.31. The topological polar surface area (TPSA) is 109 Å². The first-order valence-corrected chi connectivity index (χ1v) is 14.7. The van der Waals surface area contributed by atoms with Crippen LogP contribution in [0, 0.1) is 0 Å². The molecule has 2 aromatic carbocycles. The van der Waals surface area contributed by atoms with Gasteiger partial charge in [0.15, 0.2) is 6.10 Å². The number of nitrogens with one attached hydrogen (secondary N) is 2. The summed E-state index contributed by atoms with van der Waals surface area (Å²) >= 11 is 6.15. The first-order chi connectivity index (χ1) is 20.6. The van der Waals surface area contributed by atoms with E-state index in [0.29, 0.717) is 17.9 Å². The van der Waals surface area contributed by atoms with Crippen LogP contribution in [0.2, 0.25) is 5.02 Å². The number of carbonyl (C=O) groups is 2. The van der Waals surface area contributed by atoms with Crippen molar-refractivity contribution in [3.63, 3.8) is 0 Å². The van der Waals surface area contributed by atoms with Crippen molar-refractivity contribution in [3.8, 4) is 17.0 Å². The molecule has 1 aliphatic rings. The Labute approximate surface area is 259 Å². The van der Waals surface area contributed by atoms with Crippen LogP contribution >= 0.6 is 11.6 Å². The van der Waals surface area contributed by atoms with Gasteiger partial charge in [0.05, 0.1) is 23.3 Å². The van der Waals surface area contributed by atoms with E-state index >= 15 is 0 Å². The number of hydrogen-bond acceptors (Lipinski definition) is 6. The Morgan fingerprint density at radius 1 is 1.14 bits per heavy atom. The number of aromatic nitrogens is 2. The van der Waals surface area contributed by atoms with Crippen molar-refractivity contribution < 1.29 is 32.6 Å². The van der Waals surface area contributed by atoms with E-state index in [-0.39, 0.29) is 35.3 Å². The molecule has 1 aromatic heterocycles. The highest BCUT2D eigenvalue weighted by molar-refractivity contribution is 6.32. The molecule has 238 valence electrons. The summed E-state index contributed by atoms with van der Waals surface area (Å²) in [5.74, 6) is -0.317. The number of hydrogen-bond donors (Lipinski definition) is 3. The summed E-state index contributed by atoms with van der Waals surface area (Å²) in [5, 5.41) is 16.0. The van der Waals surface area contributed by atoms with Gasteiger partial charge in [-0.25, -0.2) is 4.98 Å². The van der Waals surface area contributed by atoms with Crippen molar-refractivity contribution in [2.75, 3.05) is 26.2 Å². The van der Waals surface area contributed by atoms with Gasteiger partial charge in [0.1, 0.15) is 17.2 Å². The molecule has 0 aliphatic carbocycles. The lowest BCUT2D eigenvalue weighted by Crippen LogP contribution is -2.49. The highest BCUT2D eigenvalue weighted by Gasteiger charge is 2.38. The van der Waals surface area contributed by atoms with E-state index in [1.807, 2.05) is 42.4 Å². The lowest BCUT2D eigenvalue weighted by atomic mass is 10.0. The van der Waals surface area contributed by atoms with Gasteiger partial charge in [-0.2, -0.15) is 13.2 Å². The number of carbonyl (C=O) groups excluding carboxylic acids is 2. The molecular formula is C31H37ClF3N5O4. The van der Waals surface area contributed by atoms with Crippen LogP contribution in [-0.4, -0.2) is 75.9 Å². The van der Waals surface area contributed by atoms with E-state index in [2.05, 4.69) is 15.6 Å². The molecule has 13 heteroatoms. The van der Waals surface area contributed by atoms with E-state index in [9.17, 15) is 27.9 Å². The molecule has 0 spiro atoms. The van der Waals surface area contributed by atoms with E-state index in [4.69, 9.17) is 16.3 Å². The van der Waals surface area contributed by atoms with E-state index in [1.165, 1.54) is 18.2 Å². The minimum absolute atomic E-state index is 0.132. The average Bonchev–Trinajstić information content (AvgIpc) is 3.32. The van der Waals surface area contributed by atoms with Crippen LogP contribution in [0.3, 0.4) is 0 Å². The number of imidazole rings is 1. The summed E-state index contributed by atoms with van der Waals surface area (Å²) in [5.41, 5.74) is 1.47. The van der Waals surface area contributed by atoms with Crippen LogP contribution in [0.15, 0.2) is 48.7 Å². The van der Waals surface area contributed by atoms with Gasteiger partial charge < -0.3 is 25.0 Å². The van der Waals surface area contributed by atoms with Crippen LogP contribution < -0.4 is 15.4 Å². The molecule has 2 unspecified atom stereocenters. The van der Waals surface area contributed by atoms with E-state index < -0.39 is 29.8 Å². The van der Waals surface area contributed by atoms with Crippen molar-refractivity contribution >= 4 is 23.4 Å². The van der Waals surface area contributed by atoms with Crippen LogP contribution in [0.25, 0.3) is 11.3 Å². The molecule has 2 heterocycles. The minimum Gasteiger partial charge on any atom is -0.480 e. The third-order valence-corrected chi connectivity index (χ3v) is 7.61. The molecule has 0 saturated carbocycles. The normalized spacial score (nSPS) is 15.3. The molecule has 2 amide bonds. The zero-order valence-electron chi connectivity index (χ0n) is 25.0. The second kappa shape index (κ2) is 13.6. The van der Waals surface area contributed by atoms with Gasteiger partial charge in [-0.1, -0.05) is 35.9 Å². The Kier molecular flexibility index (Phi) is 10.3. The largest absolute Gasteiger partial charge is 0.480 e. The number of halogens is 4. The number of aryl methyl sites for hydroxylation is 1. The highest BCUT2D eigenvalue weighted by Crippen LogP contribution is 2.31. The van der Waals surface area contributed by atoms with Crippen LogP contribution in [0.4, 0.5) is 13.2 Å². The fourth-order valence-corrected chi connectivity index (χ4v) is 4.97. The fourth-order valence-electron chi connectivity index (χ4n) is 4.74. The first kappa shape index (κ1) is 33.3. The number of amides is 2. The number of benzene rings is 2. The minimum atomic E-state index is -4.57. The fraction of sp³-hybridized carbons (Fsp3) is 0.452. The molecule has 0 bridgehead atoms. The molecule has 2 atom stereocenters. The Hall–Kier alpha value is -3.61. The molecular weight excluding hydrogens is 599 g/mol. The standard InChI is InChI=1S/C31H37ClF3N5O4/c1-19(31(33,34)35)44-26-11-10-22(15-24(26)32)28(42)37-23(16-36-27(41)18-40-12-5-13-40)14-20-6-8-21(9-7-20)25-17-39(4)29(38-25)30(2,3)43/h6-11,15,17,19,23,43H,5,12-14,16,18H2,1-4H3,(H,36,41)(H,37,42). The molecule has 1 fully saturated rings. The first-order valence-electron chi connectivity index (χ1n) is 14.3. The number of rotatable bonds is 12. The maximum absolute atomic E-state index is 13.2. The molecule has 4 rings (SSSR count). The number of ether oxygens (including phenoxy) is 1. The number of aliphatic hydroxyl groups is 1. The van der Waals surface area contributed by atoms with Crippen molar-refractivity contribution in [2.45, 2.75) is 57.5 Å².